The van der Waals surface area contributed by atoms with Crippen LogP contribution in [-0.2, 0) is 6.54 Å². The summed E-state index contributed by atoms with van der Waals surface area (Å²) in [5, 5.41) is 2.40. The van der Waals surface area contributed by atoms with Crippen LogP contribution in [0.2, 0.25) is 5.15 Å². The highest BCUT2D eigenvalue weighted by atomic mass is 35.5. The number of ether oxygens (including phenoxy) is 1. The Morgan fingerprint density at radius 2 is 2.00 bits per heavy atom. The molecule has 2 heterocycles. The lowest BCUT2D eigenvalue weighted by Crippen LogP contribution is -2.27. The molecule has 0 radical (unpaired) electrons. The number of fused-ring (bicyclic) bond motifs is 3. The number of hydrogen-bond acceptors (Lipinski definition) is 4. The summed E-state index contributed by atoms with van der Waals surface area (Å²) in [4.78, 5) is 11.0. The molecule has 0 aliphatic rings. The van der Waals surface area contributed by atoms with Crippen molar-refractivity contribution in [3.05, 3.63) is 29.7 Å². The lowest BCUT2D eigenvalue weighted by Gasteiger charge is -2.18. The van der Waals surface area contributed by atoms with Gasteiger partial charge in [0.25, 0.3) is 0 Å². The minimum atomic E-state index is 0.481. The third-order valence-corrected chi connectivity index (χ3v) is 4.62. The van der Waals surface area contributed by atoms with Crippen molar-refractivity contribution in [3.8, 4) is 5.75 Å². The van der Waals surface area contributed by atoms with E-state index in [1.807, 2.05) is 12.1 Å². The van der Waals surface area contributed by atoms with Gasteiger partial charge >= 0.3 is 0 Å². The summed E-state index contributed by atoms with van der Waals surface area (Å²) in [5.41, 5.74) is 1.98. The zero-order chi connectivity index (χ0) is 16.4. The Hall–Kier alpha value is -1.85. The lowest BCUT2D eigenvalue weighted by molar-refractivity contribution is 0.293. The molecule has 5 nitrogen and oxygen atoms in total. The number of hydrogen-bond donors (Lipinski definition) is 0. The maximum absolute atomic E-state index is 6.35. The van der Waals surface area contributed by atoms with E-state index in [0.717, 1.165) is 53.9 Å². The average Bonchev–Trinajstić information content (AvgIpc) is 2.90. The lowest BCUT2D eigenvalue weighted by atomic mass is 10.2. The van der Waals surface area contributed by atoms with Crippen LogP contribution in [0.3, 0.4) is 0 Å². The highest BCUT2D eigenvalue weighted by Crippen LogP contribution is 2.33. The fourth-order valence-electron chi connectivity index (χ4n) is 2.99. The highest BCUT2D eigenvalue weighted by Gasteiger charge is 2.16. The first kappa shape index (κ1) is 16.0. The van der Waals surface area contributed by atoms with Crippen molar-refractivity contribution in [2.24, 2.45) is 0 Å². The van der Waals surface area contributed by atoms with Gasteiger partial charge in [-0.15, -0.1) is 0 Å². The van der Waals surface area contributed by atoms with E-state index in [9.17, 15) is 0 Å². The van der Waals surface area contributed by atoms with E-state index in [1.54, 1.807) is 7.11 Å². The Morgan fingerprint density at radius 1 is 1.22 bits per heavy atom. The largest absolute Gasteiger partial charge is 0.497 e. The molecule has 2 aromatic heterocycles. The number of likely N-dealkylation sites (N-methyl/N-ethyl adjacent to an activating group) is 1. The molecule has 0 N–H and O–H groups in total. The zero-order valence-corrected chi connectivity index (χ0v) is 14.5. The van der Waals surface area contributed by atoms with Crippen LogP contribution in [0.25, 0.3) is 21.9 Å². The van der Waals surface area contributed by atoms with Gasteiger partial charge in [0.15, 0.2) is 0 Å². The first-order valence-corrected chi connectivity index (χ1v) is 8.26. The summed E-state index contributed by atoms with van der Waals surface area (Å²) in [6.07, 6.45) is 1.52. The number of benzene rings is 1. The van der Waals surface area contributed by atoms with Crippen LogP contribution in [0.4, 0.5) is 0 Å². The summed E-state index contributed by atoms with van der Waals surface area (Å²) < 4.78 is 7.57. The summed E-state index contributed by atoms with van der Waals surface area (Å²) in [6.45, 7) is 8.27. The van der Waals surface area contributed by atoms with Crippen molar-refractivity contribution in [2.75, 3.05) is 26.7 Å². The fourth-order valence-corrected chi connectivity index (χ4v) is 3.22. The van der Waals surface area contributed by atoms with Gasteiger partial charge in [-0.2, -0.15) is 0 Å². The monoisotopic (exact) mass is 332 g/mol. The van der Waals surface area contributed by atoms with Crippen LogP contribution >= 0.6 is 11.6 Å². The molecule has 0 amide bonds. The quantitative estimate of drug-likeness (QED) is 0.647. The molecule has 0 aliphatic carbocycles. The van der Waals surface area contributed by atoms with Crippen LogP contribution in [0.1, 0.15) is 13.8 Å². The molecule has 122 valence electrons. The van der Waals surface area contributed by atoms with Gasteiger partial charge in [-0.25, -0.2) is 9.97 Å². The van der Waals surface area contributed by atoms with Crippen molar-refractivity contribution >= 4 is 33.5 Å². The van der Waals surface area contributed by atoms with Crippen LogP contribution in [0, 0.1) is 0 Å². The van der Waals surface area contributed by atoms with Gasteiger partial charge in [-0.3, -0.25) is 0 Å². The van der Waals surface area contributed by atoms with E-state index in [-0.39, 0.29) is 0 Å². The molecule has 0 aliphatic heterocycles. The van der Waals surface area contributed by atoms with Crippen molar-refractivity contribution in [3.63, 3.8) is 0 Å². The molecule has 0 atom stereocenters. The maximum Gasteiger partial charge on any atom is 0.146 e. The van der Waals surface area contributed by atoms with Crippen molar-refractivity contribution < 1.29 is 4.74 Å². The number of rotatable bonds is 6. The summed E-state index contributed by atoms with van der Waals surface area (Å²) >= 11 is 6.35. The van der Waals surface area contributed by atoms with Gasteiger partial charge in [0.1, 0.15) is 22.9 Å². The molecule has 23 heavy (non-hydrogen) atoms. The first-order valence-electron chi connectivity index (χ1n) is 7.88. The smallest absolute Gasteiger partial charge is 0.146 e. The van der Waals surface area contributed by atoms with E-state index in [1.165, 1.54) is 6.33 Å². The van der Waals surface area contributed by atoms with E-state index >= 15 is 0 Å². The first-order chi connectivity index (χ1) is 11.2. The normalized spacial score (nSPS) is 11.7. The molecule has 3 rings (SSSR count). The topological polar surface area (TPSA) is 43.2 Å². The molecular weight excluding hydrogens is 312 g/mol. The summed E-state index contributed by atoms with van der Waals surface area (Å²) in [5.74, 6) is 0.806. The number of aromatic nitrogens is 3. The number of nitrogens with zero attached hydrogens (tertiary/aromatic N) is 4. The van der Waals surface area contributed by atoms with E-state index in [4.69, 9.17) is 16.3 Å². The van der Waals surface area contributed by atoms with Gasteiger partial charge in [-0.1, -0.05) is 25.4 Å². The molecule has 0 saturated carbocycles. The van der Waals surface area contributed by atoms with Crippen LogP contribution in [0.15, 0.2) is 24.5 Å². The Balaban J connectivity index is 2.16. The van der Waals surface area contributed by atoms with Gasteiger partial charge < -0.3 is 14.2 Å². The molecule has 1 aromatic carbocycles. The van der Waals surface area contributed by atoms with Gasteiger partial charge in [-0.05, 0) is 31.3 Å². The summed E-state index contributed by atoms with van der Waals surface area (Å²) in [6, 6.07) is 6.03. The van der Waals surface area contributed by atoms with Crippen molar-refractivity contribution in [2.45, 2.75) is 20.4 Å². The minimum Gasteiger partial charge on any atom is -0.497 e. The minimum absolute atomic E-state index is 0.481. The molecule has 0 saturated heterocycles. The maximum atomic E-state index is 6.35. The fraction of sp³-hybridized carbons (Fsp3) is 0.412. The molecule has 0 bridgehead atoms. The molecule has 0 spiro atoms. The van der Waals surface area contributed by atoms with E-state index < -0.39 is 0 Å². The van der Waals surface area contributed by atoms with Crippen LogP contribution in [-0.4, -0.2) is 46.2 Å². The van der Waals surface area contributed by atoms with Gasteiger partial charge in [0, 0.05) is 18.5 Å². The molecule has 0 fully saturated rings. The van der Waals surface area contributed by atoms with Gasteiger partial charge in [0.2, 0.25) is 0 Å². The predicted octanol–water partition coefficient (Wildman–Crippen LogP) is 3.59. The highest BCUT2D eigenvalue weighted by molar-refractivity contribution is 6.36. The van der Waals surface area contributed by atoms with Gasteiger partial charge in [0.05, 0.1) is 18.0 Å². The Bertz CT molecular complexity index is 826. The third kappa shape index (κ3) is 2.86. The van der Waals surface area contributed by atoms with Crippen LogP contribution in [0.5, 0.6) is 5.75 Å². The van der Waals surface area contributed by atoms with E-state index in [0.29, 0.717) is 5.15 Å². The third-order valence-electron chi connectivity index (χ3n) is 4.33. The zero-order valence-electron chi connectivity index (χ0n) is 13.7. The Morgan fingerprint density at radius 3 is 2.70 bits per heavy atom. The Labute approximate surface area is 140 Å². The second kappa shape index (κ2) is 6.72. The number of halogens is 1. The standard InChI is InChI=1S/C17H21ClN4O/c1-4-21(5-2)8-9-22-14-7-6-12(23-3)10-13(14)15-16(18)19-11-20-17(15)22/h6-7,10-11H,4-5,8-9H2,1-3H3. The molecule has 3 aromatic rings. The molecular formula is C17H21ClN4O. The Kier molecular flexibility index (Phi) is 4.68. The molecule has 0 unspecified atom stereocenters. The summed E-state index contributed by atoms with van der Waals surface area (Å²) in [7, 11) is 1.67. The van der Waals surface area contributed by atoms with Crippen molar-refractivity contribution in [1.29, 1.82) is 0 Å². The van der Waals surface area contributed by atoms with Crippen LogP contribution < -0.4 is 4.74 Å². The SMILES string of the molecule is CCN(CC)CCn1c2ccc(OC)cc2c2c(Cl)ncnc21. The second-order valence-electron chi connectivity index (χ2n) is 5.42. The van der Waals surface area contributed by atoms with Crippen molar-refractivity contribution in [1.82, 2.24) is 19.4 Å². The van der Waals surface area contributed by atoms with E-state index in [2.05, 4.69) is 39.3 Å². The molecule has 6 heteroatoms. The second-order valence-corrected chi connectivity index (χ2v) is 5.78. The number of methoxy groups -OCH3 is 1. The average molecular weight is 333 g/mol. The predicted molar refractivity (Wildman–Crippen MR) is 94.4 cm³/mol.